The smallest absolute Gasteiger partial charge is 0.0944 e. The molecule has 18 heavy (non-hydrogen) atoms. The molecule has 0 fully saturated rings. The minimum Gasteiger partial charge on any atom is -0.379 e. The van der Waals surface area contributed by atoms with Crippen molar-refractivity contribution in [3.8, 4) is 0 Å². The van der Waals surface area contributed by atoms with Crippen molar-refractivity contribution in [1.82, 2.24) is 10.3 Å². The molecule has 0 saturated carbocycles. The second-order valence-electron chi connectivity index (χ2n) is 5.77. The number of hydrogen-bond acceptors (Lipinski definition) is 4. The molecule has 0 bridgehead atoms. The summed E-state index contributed by atoms with van der Waals surface area (Å²) in [5, 5.41) is 6.83. The Bertz CT molecular complexity index is 357. The molecule has 1 rings (SSSR count). The van der Waals surface area contributed by atoms with Crippen LogP contribution in [0.5, 0.6) is 0 Å². The number of nitrogens with one attached hydrogen (secondary N) is 1. The van der Waals surface area contributed by atoms with Gasteiger partial charge in [-0.1, -0.05) is 27.7 Å². The minimum absolute atomic E-state index is 0.119. The van der Waals surface area contributed by atoms with E-state index in [0.29, 0.717) is 6.04 Å². The van der Waals surface area contributed by atoms with E-state index in [1.165, 1.54) is 5.01 Å². The van der Waals surface area contributed by atoms with Gasteiger partial charge in [-0.15, -0.1) is 11.3 Å². The van der Waals surface area contributed by atoms with Gasteiger partial charge in [-0.3, -0.25) is 0 Å². The number of methoxy groups -OCH3 is 1. The molecule has 3 nitrogen and oxygen atoms in total. The Morgan fingerprint density at radius 2 is 2.11 bits per heavy atom. The summed E-state index contributed by atoms with van der Waals surface area (Å²) in [5.74, 6) is 0. The molecule has 104 valence electrons. The quantitative estimate of drug-likeness (QED) is 0.863. The summed E-state index contributed by atoms with van der Waals surface area (Å²) < 4.78 is 5.72. The fourth-order valence-corrected chi connectivity index (χ4v) is 3.19. The normalized spacial score (nSPS) is 15.7. The standard InChI is InChI=1S/C14H26N2OS/c1-7-15-11(13(17-6)14(3,4)5)8-12-16-10(2)9-18-12/h9,11,13,15H,7-8H2,1-6H3. The number of aromatic nitrogens is 1. The van der Waals surface area contributed by atoms with E-state index in [1.54, 1.807) is 18.4 Å². The van der Waals surface area contributed by atoms with Crippen LogP contribution in [0.2, 0.25) is 0 Å². The molecule has 0 saturated heterocycles. The van der Waals surface area contributed by atoms with Crippen LogP contribution in [-0.4, -0.2) is 30.8 Å². The third-order valence-electron chi connectivity index (χ3n) is 3.00. The Hall–Kier alpha value is -0.450. The van der Waals surface area contributed by atoms with Gasteiger partial charge < -0.3 is 10.1 Å². The summed E-state index contributed by atoms with van der Waals surface area (Å²) in [5.41, 5.74) is 1.23. The van der Waals surface area contributed by atoms with Crippen LogP contribution < -0.4 is 5.32 Å². The second kappa shape index (κ2) is 6.64. The van der Waals surface area contributed by atoms with Crippen LogP contribution in [0.4, 0.5) is 0 Å². The van der Waals surface area contributed by atoms with E-state index in [1.807, 2.05) is 6.92 Å². The number of aryl methyl sites for hydroxylation is 1. The molecule has 0 aliphatic heterocycles. The topological polar surface area (TPSA) is 34.2 Å². The highest BCUT2D eigenvalue weighted by Crippen LogP contribution is 2.26. The zero-order chi connectivity index (χ0) is 13.8. The molecule has 0 spiro atoms. The molecule has 1 aromatic heterocycles. The van der Waals surface area contributed by atoms with Crippen LogP contribution >= 0.6 is 11.3 Å². The molecule has 0 radical (unpaired) electrons. The molecule has 1 aromatic rings. The molecule has 0 amide bonds. The molecule has 2 atom stereocenters. The largest absolute Gasteiger partial charge is 0.379 e. The van der Waals surface area contributed by atoms with Crippen molar-refractivity contribution in [1.29, 1.82) is 0 Å². The summed E-state index contributed by atoms with van der Waals surface area (Å²) in [6.45, 7) is 11.8. The number of rotatable bonds is 6. The lowest BCUT2D eigenvalue weighted by molar-refractivity contribution is -0.0106. The van der Waals surface area contributed by atoms with Gasteiger partial charge in [-0.25, -0.2) is 4.98 Å². The van der Waals surface area contributed by atoms with E-state index >= 15 is 0 Å². The van der Waals surface area contributed by atoms with Crippen LogP contribution in [0.25, 0.3) is 0 Å². The molecule has 0 aliphatic rings. The fourth-order valence-electron chi connectivity index (χ4n) is 2.35. The van der Waals surface area contributed by atoms with Crippen LogP contribution in [0.1, 0.15) is 38.4 Å². The zero-order valence-electron chi connectivity index (χ0n) is 12.4. The van der Waals surface area contributed by atoms with Gasteiger partial charge in [-0.05, 0) is 18.9 Å². The first-order valence-corrected chi connectivity index (χ1v) is 7.43. The maximum absolute atomic E-state index is 5.72. The van der Waals surface area contributed by atoms with E-state index in [0.717, 1.165) is 18.7 Å². The molecule has 0 aliphatic carbocycles. The summed E-state index contributed by atoms with van der Waals surface area (Å²) >= 11 is 1.74. The number of likely N-dealkylation sites (N-methyl/N-ethyl adjacent to an activating group) is 1. The first-order chi connectivity index (χ1) is 8.38. The third kappa shape index (κ3) is 4.34. The van der Waals surface area contributed by atoms with Gasteiger partial charge in [0.05, 0.1) is 11.1 Å². The molecule has 2 unspecified atom stereocenters. The predicted molar refractivity (Wildman–Crippen MR) is 78.3 cm³/mol. The van der Waals surface area contributed by atoms with Crippen molar-refractivity contribution in [2.45, 2.75) is 53.2 Å². The number of hydrogen-bond donors (Lipinski definition) is 1. The zero-order valence-corrected chi connectivity index (χ0v) is 13.2. The van der Waals surface area contributed by atoms with Crippen LogP contribution in [-0.2, 0) is 11.2 Å². The molecule has 1 N–H and O–H groups in total. The van der Waals surface area contributed by atoms with Gasteiger partial charge >= 0.3 is 0 Å². The van der Waals surface area contributed by atoms with Crippen molar-refractivity contribution in [2.75, 3.05) is 13.7 Å². The van der Waals surface area contributed by atoms with Crippen molar-refractivity contribution in [2.24, 2.45) is 5.41 Å². The lowest BCUT2D eigenvalue weighted by Crippen LogP contribution is -2.48. The summed E-state index contributed by atoms with van der Waals surface area (Å²) in [6, 6.07) is 0.311. The van der Waals surface area contributed by atoms with E-state index in [2.05, 4.69) is 43.4 Å². The molecule has 0 aromatic carbocycles. The summed E-state index contributed by atoms with van der Waals surface area (Å²) in [4.78, 5) is 4.55. The molecular weight excluding hydrogens is 244 g/mol. The monoisotopic (exact) mass is 270 g/mol. The predicted octanol–water partition coefficient (Wildman–Crippen LogP) is 3.03. The fraction of sp³-hybridized carbons (Fsp3) is 0.786. The van der Waals surface area contributed by atoms with Gasteiger partial charge in [0, 0.05) is 30.6 Å². The highest BCUT2D eigenvalue weighted by Gasteiger charge is 2.32. The average Bonchev–Trinajstić information content (AvgIpc) is 2.63. The van der Waals surface area contributed by atoms with E-state index in [4.69, 9.17) is 4.74 Å². The van der Waals surface area contributed by atoms with Gasteiger partial charge in [0.1, 0.15) is 0 Å². The maximum Gasteiger partial charge on any atom is 0.0944 e. The van der Waals surface area contributed by atoms with Gasteiger partial charge in [-0.2, -0.15) is 0 Å². The number of thiazole rings is 1. The highest BCUT2D eigenvalue weighted by atomic mass is 32.1. The maximum atomic E-state index is 5.72. The highest BCUT2D eigenvalue weighted by molar-refractivity contribution is 7.09. The lowest BCUT2D eigenvalue weighted by atomic mass is 9.83. The Balaban J connectivity index is 2.80. The molecule has 1 heterocycles. The first kappa shape index (κ1) is 15.6. The number of ether oxygens (including phenoxy) is 1. The minimum atomic E-state index is 0.119. The van der Waals surface area contributed by atoms with Crippen molar-refractivity contribution in [3.63, 3.8) is 0 Å². The van der Waals surface area contributed by atoms with Crippen molar-refractivity contribution < 1.29 is 4.74 Å². The Morgan fingerprint density at radius 3 is 2.50 bits per heavy atom. The summed E-state index contributed by atoms with van der Waals surface area (Å²) in [6.07, 6.45) is 1.11. The Labute approximate surface area is 115 Å². The second-order valence-corrected chi connectivity index (χ2v) is 6.72. The molecule has 4 heteroatoms. The third-order valence-corrected chi connectivity index (χ3v) is 3.99. The number of nitrogens with zero attached hydrogens (tertiary/aromatic N) is 1. The first-order valence-electron chi connectivity index (χ1n) is 6.55. The van der Waals surface area contributed by atoms with E-state index in [-0.39, 0.29) is 11.5 Å². The van der Waals surface area contributed by atoms with Gasteiger partial charge in [0.25, 0.3) is 0 Å². The van der Waals surface area contributed by atoms with Crippen LogP contribution in [0.15, 0.2) is 5.38 Å². The summed E-state index contributed by atoms with van der Waals surface area (Å²) in [7, 11) is 1.80. The average molecular weight is 270 g/mol. The van der Waals surface area contributed by atoms with Crippen LogP contribution in [0.3, 0.4) is 0 Å². The van der Waals surface area contributed by atoms with Crippen molar-refractivity contribution in [3.05, 3.63) is 16.1 Å². The van der Waals surface area contributed by atoms with Gasteiger partial charge in [0.15, 0.2) is 0 Å². The van der Waals surface area contributed by atoms with E-state index in [9.17, 15) is 0 Å². The lowest BCUT2D eigenvalue weighted by Gasteiger charge is -2.36. The van der Waals surface area contributed by atoms with Crippen molar-refractivity contribution >= 4 is 11.3 Å². The molecular formula is C14H26N2OS. The SMILES string of the molecule is CCNC(Cc1nc(C)cs1)C(OC)C(C)(C)C. The van der Waals surface area contributed by atoms with Crippen LogP contribution in [0, 0.1) is 12.3 Å². The van der Waals surface area contributed by atoms with Gasteiger partial charge in [0.2, 0.25) is 0 Å². The Morgan fingerprint density at radius 1 is 1.44 bits per heavy atom. The Kier molecular flexibility index (Phi) is 5.76. The van der Waals surface area contributed by atoms with E-state index < -0.39 is 0 Å².